The number of carbonyl (C=O) groups excluding carboxylic acids is 1. The molecule has 0 aromatic heterocycles. The predicted octanol–water partition coefficient (Wildman–Crippen LogP) is 1.17. The van der Waals surface area contributed by atoms with Crippen molar-refractivity contribution in [3.05, 3.63) is 23.8 Å². The molecule has 2 aliphatic rings. The second kappa shape index (κ2) is 7.24. The fourth-order valence-corrected chi connectivity index (χ4v) is 5.21. The van der Waals surface area contributed by atoms with Crippen LogP contribution in [0.5, 0.6) is 5.75 Å². The van der Waals surface area contributed by atoms with Crippen molar-refractivity contribution < 1.29 is 27.9 Å². The summed E-state index contributed by atoms with van der Waals surface area (Å²) in [7, 11) is -2.39. The second-order valence-electron chi connectivity index (χ2n) is 6.47. The Bertz CT molecular complexity index is 817. The van der Waals surface area contributed by atoms with Crippen molar-refractivity contribution >= 4 is 21.9 Å². The number of likely N-dealkylation sites (tertiary alicyclic amines) is 1. The Balaban J connectivity index is 1.97. The van der Waals surface area contributed by atoms with Gasteiger partial charge in [-0.15, -0.1) is 0 Å². The van der Waals surface area contributed by atoms with Crippen LogP contribution < -0.4 is 4.74 Å². The topological polar surface area (TPSA) is 104 Å². The number of carboxylic acid groups (broad SMARTS) is 1. The van der Waals surface area contributed by atoms with Gasteiger partial charge in [-0.3, -0.25) is 4.79 Å². The molecule has 1 aromatic carbocycles. The van der Waals surface area contributed by atoms with Gasteiger partial charge in [-0.2, -0.15) is 4.31 Å². The summed E-state index contributed by atoms with van der Waals surface area (Å²) in [6.07, 6.45) is 2.61. The number of nitrogens with zero attached hydrogens (tertiary/aromatic N) is 2. The molecule has 2 saturated heterocycles. The molecule has 0 radical (unpaired) electrons. The highest BCUT2D eigenvalue weighted by molar-refractivity contribution is 7.89. The summed E-state index contributed by atoms with van der Waals surface area (Å²) in [5.74, 6) is -1.35. The van der Waals surface area contributed by atoms with Crippen molar-refractivity contribution in [3.63, 3.8) is 0 Å². The van der Waals surface area contributed by atoms with E-state index in [1.807, 2.05) is 0 Å². The largest absolute Gasteiger partial charge is 0.495 e. The minimum Gasteiger partial charge on any atom is -0.495 e. The maximum atomic E-state index is 12.9. The molecule has 1 atom stereocenters. The van der Waals surface area contributed by atoms with Gasteiger partial charge in [0.1, 0.15) is 16.7 Å². The van der Waals surface area contributed by atoms with Gasteiger partial charge in [0.05, 0.1) is 7.11 Å². The SMILES string of the molecule is COc1ccc(C(=O)N2CCC[C@@H]2C(=O)O)cc1S(=O)(=O)N1CCCC1. The zero-order valence-corrected chi connectivity index (χ0v) is 15.4. The molecule has 0 bridgehead atoms. The molecule has 26 heavy (non-hydrogen) atoms. The summed E-state index contributed by atoms with van der Waals surface area (Å²) >= 11 is 0. The van der Waals surface area contributed by atoms with Crippen molar-refractivity contribution in [1.29, 1.82) is 0 Å². The van der Waals surface area contributed by atoms with Crippen LogP contribution in [0.15, 0.2) is 23.1 Å². The first-order valence-corrected chi connectivity index (χ1v) is 10.0. The highest BCUT2D eigenvalue weighted by Crippen LogP contribution is 2.31. The maximum absolute atomic E-state index is 12.9. The molecule has 2 heterocycles. The van der Waals surface area contributed by atoms with Gasteiger partial charge in [0.25, 0.3) is 5.91 Å². The normalized spacial score (nSPS) is 21.1. The highest BCUT2D eigenvalue weighted by atomic mass is 32.2. The van der Waals surface area contributed by atoms with E-state index in [0.717, 1.165) is 12.8 Å². The zero-order valence-electron chi connectivity index (χ0n) is 14.6. The zero-order chi connectivity index (χ0) is 18.9. The first-order chi connectivity index (χ1) is 12.4. The van der Waals surface area contributed by atoms with Gasteiger partial charge in [0.15, 0.2) is 0 Å². The van der Waals surface area contributed by atoms with Gasteiger partial charge in [-0.25, -0.2) is 13.2 Å². The van der Waals surface area contributed by atoms with Crippen LogP contribution in [0.3, 0.4) is 0 Å². The Hall–Kier alpha value is -2.13. The van der Waals surface area contributed by atoms with E-state index in [4.69, 9.17) is 4.74 Å². The first-order valence-electron chi connectivity index (χ1n) is 8.58. The van der Waals surface area contributed by atoms with Crippen molar-refractivity contribution in [2.24, 2.45) is 0 Å². The lowest BCUT2D eigenvalue weighted by molar-refractivity contribution is -0.141. The van der Waals surface area contributed by atoms with Gasteiger partial charge >= 0.3 is 5.97 Å². The monoisotopic (exact) mass is 382 g/mol. The van der Waals surface area contributed by atoms with E-state index >= 15 is 0 Å². The number of amides is 1. The highest BCUT2D eigenvalue weighted by Gasteiger charge is 2.36. The van der Waals surface area contributed by atoms with Crippen molar-refractivity contribution in [2.45, 2.75) is 36.6 Å². The molecule has 9 heteroatoms. The molecule has 8 nitrogen and oxygen atoms in total. The molecule has 1 amide bonds. The van der Waals surface area contributed by atoms with Gasteiger partial charge < -0.3 is 14.7 Å². The number of hydrogen-bond acceptors (Lipinski definition) is 5. The Labute approximate surface area is 152 Å². The Kier molecular flexibility index (Phi) is 5.19. The summed E-state index contributed by atoms with van der Waals surface area (Å²) in [6, 6.07) is 3.35. The summed E-state index contributed by atoms with van der Waals surface area (Å²) in [6.45, 7) is 1.23. The first kappa shape index (κ1) is 18.7. The van der Waals surface area contributed by atoms with Gasteiger partial charge in [-0.05, 0) is 43.9 Å². The van der Waals surface area contributed by atoms with Crippen molar-refractivity contribution in [1.82, 2.24) is 9.21 Å². The lowest BCUT2D eigenvalue weighted by atomic mass is 10.1. The fourth-order valence-electron chi connectivity index (χ4n) is 3.51. The van der Waals surface area contributed by atoms with Gasteiger partial charge in [-0.1, -0.05) is 0 Å². The minimum atomic E-state index is -3.77. The van der Waals surface area contributed by atoms with Crippen molar-refractivity contribution in [3.8, 4) is 5.75 Å². The number of hydrogen-bond donors (Lipinski definition) is 1. The van der Waals surface area contributed by atoms with Crippen LogP contribution in [0.2, 0.25) is 0 Å². The van der Waals surface area contributed by atoms with Crippen LogP contribution >= 0.6 is 0 Å². The van der Waals surface area contributed by atoms with Crippen LogP contribution in [0.1, 0.15) is 36.0 Å². The smallest absolute Gasteiger partial charge is 0.326 e. The molecule has 142 valence electrons. The molecule has 0 aliphatic carbocycles. The van der Waals surface area contributed by atoms with E-state index in [1.165, 1.54) is 34.5 Å². The average molecular weight is 382 g/mol. The van der Waals surface area contributed by atoms with E-state index in [1.54, 1.807) is 0 Å². The number of benzene rings is 1. The number of carbonyl (C=O) groups is 2. The standard InChI is InChI=1S/C17H22N2O6S/c1-25-14-7-6-12(16(20)19-10-4-5-13(19)17(21)22)11-15(14)26(23,24)18-8-2-3-9-18/h6-7,11,13H,2-5,8-10H2,1H3,(H,21,22)/t13-/m1/s1. The van der Waals surface area contributed by atoms with Gasteiger partial charge in [0, 0.05) is 25.2 Å². The van der Waals surface area contributed by atoms with E-state index in [9.17, 15) is 23.1 Å². The lowest BCUT2D eigenvalue weighted by Gasteiger charge is -2.23. The van der Waals surface area contributed by atoms with Crippen LogP contribution in [-0.2, 0) is 14.8 Å². The third-order valence-corrected chi connectivity index (χ3v) is 6.81. The summed E-state index contributed by atoms with van der Waals surface area (Å²) in [5, 5.41) is 9.27. The van der Waals surface area contributed by atoms with Crippen LogP contribution in [0.25, 0.3) is 0 Å². The lowest BCUT2D eigenvalue weighted by Crippen LogP contribution is -2.40. The average Bonchev–Trinajstić information content (AvgIpc) is 3.32. The predicted molar refractivity (Wildman–Crippen MR) is 92.7 cm³/mol. The second-order valence-corrected chi connectivity index (χ2v) is 8.38. The summed E-state index contributed by atoms with van der Waals surface area (Å²) < 4.78 is 32.4. The van der Waals surface area contributed by atoms with Crippen molar-refractivity contribution in [2.75, 3.05) is 26.7 Å². The molecule has 3 rings (SSSR count). The summed E-state index contributed by atoms with van der Waals surface area (Å²) in [4.78, 5) is 25.3. The number of sulfonamides is 1. The van der Waals surface area contributed by atoms with E-state index in [0.29, 0.717) is 32.5 Å². The molecule has 2 fully saturated rings. The quantitative estimate of drug-likeness (QED) is 0.820. The Morgan fingerprint density at radius 1 is 1.15 bits per heavy atom. The molecule has 0 spiro atoms. The Morgan fingerprint density at radius 2 is 1.85 bits per heavy atom. The molecule has 2 aliphatic heterocycles. The van der Waals surface area contributed by atoms with E-state index < -0.39 is 27.9 Å². The van der Waals surface area contributed by atoms with Crippen LogP contribution in [0.4, 0.5) is 0 Å². The molecule has 0 saturated carbocycles. The maximum Gasteiger partial charge on any atom is 0.326 e. The Morgan fingerprint density at radius 3 is 2.46 bits per heavy atom. The number of carboxylic acids is 1. The number of ether oxygens (including phenoxy) is 1. The minimum absolute atomic E-state index is 0.0566. The number of rotatable bonds is 5. The fraction of sp³-hybridized carbons (Fsp3) is 0.529. The molecule has 0 unspecified atom stereocenters. The van der Waals surface area contributed by atoms with E-state index in [2.05, 4.69) is 0 Å². The number of methoxy groups -OCH3 is 1. The van der Waals surface area contributed by atoms with Gasteiger partial charge in [0.2, 0.25) is 10.0 Å². The molecule has 1 aromatic rings. The third-order valence-electron chi connectivity index (χ3n) is 4.89. The third kappa shape index (κ3) is 3.28. The molecule has 1 N–H and O–H groups in total. The molecular weight excluding hydrogens is 360 g/mol. The molecular formula is C17H22N2O6S. The van der Waals surface area contributed by atoms with E-state index in [-0.39, 0.29) is 16.2 Å². The number of aliphatic carboxylic acids is 1. The summed E-state index contributed by atoms with van der Waals surface area (Å²) in [5.41, 5.74) is 0.150. The van der Waals surface area contributed by atoms with Crippen LogP contribution in [0, 0.1) is 0 Å². The van der Waals surface area contributed by atoms with Crippen LogP contribution in [-0.4, -0.2) is 67.4 Å².